The standard InChI is InChI=1S/C20H17BrClNO2S2/c1-12-9-13(21)10-15(22)20(12)25-11-18(24)23-6-4-16-14(5-8-27-16)19(23)17-3-2-7-26-17/h2-3,5,7-10,19H,4,6,11H2,1H3. The highest BCUT2D eigenvalue weighted by Gasteiger charge is 2.33. The van der Waals surface area contributed by atoms with E-state index in [1.54, 1.807) is 28.7 Å². The maximum absolute atomic E-state index is 13.1. The van der Waals surface area contributed by atoms with Crippen LogP contribution in [0.4, 0.5) is 0 Å². The molecule has 1 amide bonds. The zero-order valence-electron chi connectivity index (χ0n) is 14.6. The van der Waals surface area contributed by atoms with E-state index in [1.807, 2.05) is 24.0 Å². The summed E-state index contributed by atoms with van der Waals surface area (Å²) in [6.07, 6.45) is 0.888. The van der Waals surface area contributed by atoms with Crippen LogP contribution in [0.25, 0.3) is 0 Å². The van der Waals surface area contributed by atoms with Gasteiger partial charge in [-0.1, -0.05) is 33.6 Å². The van der Waals surface area contributed by atoms with Crippen LogP contribution in [0.5, 0.6) is 5.75 Å². The fourth-order valence-corrected chi connectivity index (χ4v) is 6.21. The van der Waals surface area contributed by atoms with E-state index in [0.29, 0.717) is 17.3 Å². The van der Waals surface area contributed by atoms with Gasteiger partial charge in [-0.2, -0.15) is 0 Å². The maximum Gasteiger partial charge on any atom is 0.261 e. The third-order valence-corrected chi connectivity index (χ3v) is 7.29. The van der Waals surface area contributed by atoms with E-state index in [0.717, 1.165) is 16.5 Å². The molecule has 27 heavy (non-hydrogen) atoms. The number of thiophene rings is 2. The second-order valence-electron chi connectivity index (χ2n) is 6.38. The molecule has 3 nitrogen and oxygen atoms in total. The SMILES string of the molecule is Cc1cc(Br)cc(Cl)c1OCC(=O)N1CCc2sccc2C1c1cccs1. The Hall–Kier alpha value is -1.34. The highest BCUT2D eigenvalue weighted by atomic mass is 79.9. The van der Waals surface area contributed by atoms with Gasteiger partial charge in [0.2, 0.25) is 0 Å². The molecule has 0 N–H and O–H groups in total. The molecule has 1 aliphatic rings. The molecular weight excluding hydrogens is 466 g/mol. The van der Waals surface area contributed by atoms with Crippen LogP contribution in [0.1, 0.15) is 26.9 Å². The Bertz CT molecular complexity index is 947. The van der Waals surface area contributed by atoms with Crippen molar-refractivity contribution in [3.05, 3.63) is 71.5 Å². The number of ether oxygens (including phenoxy) is 1. The van der Waals surface area contributed by atoms with Crippen LogP contribution in [0, 0.1) is 6.92 Å². The number of fused-ring (bicyclic) bond motifs is 1. The Morgan fingerprint density at radius 3 is 2.93 bits per heavy atom. The van der Waals surface area contributed by atoms with Crippen molar-refractivity contribution in [3.63, 3.8) is 0 Å². The third-order valence-electron chi connectivity index (χ3n) is 4.63. The molecule has 1 aliphatic heterocycles. The number of rotatable bonds is 4. The minimum atomic E-state index is -0.0300. The summed E-state index contributed by atoms with van der Waals surface area (Å²) in [6, 6.07) is 9.95. The number of amides is 1. The number of carbonyl (C=O) groups excluding carboxylic acids is 1. The van der Waals surface area contributed by atoms with Gasteiger partial charge in [-0.05, 0) is 59.5 Å². The molecule has 0 radical (unpaired) electrons. The molecule has 1 aromatic carbocycles. The quantitative estimate of drug-likeness (QED) is 0.450. The van der Waals surface area contributed by atoms with Gasteiger partial charge in [0.1, 0.15) is 5.75 Å². The Kier molecular flexibility index (Phi) is 5.60. The Morgan fingerprint density at radius 1 is 1.33 bits per heavy atom. The summed E-state index contributed by atoms with van der Waals surface area (Å²) in [7, 11) is 0. The Labute approximate surface area is 179 Å². The molecule has 1 atom stereocenters. The molecule has 140 valence electrons. The van der Waals surface area contributed by atoms with Crippen molar-refractivity contribution < 1.29 is 9.53 Å². The average Bonchev–Trinajstić information content (AvgIpc) is 3.31. The topological polar surface area (TPSA) is 29.5 Å². The summed E-state index contributed by atoms with van der Waals surface area (Å²) in [5.74, 6) is 0.540. The fourth-order valence-electron chi connectivity index (χ4n) is 3.43. The van der Waals surface area contributed by atoms with E-state index in [2.05, 4.69) is 38.8 Å². The second-order valence-corrected chi connectivity index (χ2v) is 9.68. The predicted molar refractivity (Wildman–Crippen MR) is 115 cm³/mol. The zero-order chi connectivity index (χ0) is 19.0. The van der Waals surface area contributed by atoms with Gasteiger partial charge in [0.05, 0.1) is 11.1 Å². The van der Waals surface area contributed by atoms with Gasteiger partial charge in [-0.3, -0.25) is 4.79 Å². The summed E-state index contributed by atoms with van der Waals surface area (Å²) < 4.78 is 6.73. The van der Waals surface area contributed by atoms with Gasteiger partial charge >= 0.3 is 0 Å². The number of aryl methyl sites for hydroxylation is 1. The largest absolute Gasteiger partial charge is 0.482 e. The first-order chi connectivity index (χ1) is 13.0. The van der Waals surface area contributed by atoms with Crippen LogP contribution in [0.15, 0.2) is 45.6 Å². The molecule has 0 aliphatic carbocycles. The normalized spacial score (nSPS) is 16.3. The number of hydrogen-bond acceptors (Lipinski definition) is 4. The highest BCUT2D eigenvalue weighted by Crippen LogP contribution is 2.39. The second kappa shape index (κ2) is 7.95. The van der Waals surface area contributed by atoms with Crippen LogP contribution in [0.2, 0.25) is 5.02 Å². The number of halogens is 2. The van der Waals surface area contributed by atoms with Crippen molar-refractivity contribution in [1.29, 1.82) is 0 Å². The molecular formula is C20H17BrClNO2S2. The van der Waals surface area contributed by atoms with Crippen molar-refractivity contribution in [2.45, 2.75) is 19.4 Å². The van der Waals surface area contributed by atoms with Crippen LogP contribution >= 0.6 is 50.2 Å². The van der Waals surface area contributed by atoms with Crippen LogP contribution < -0.4 is 4.74 Å². The highest BCUT2D eigenvalue weighted by molar-refractivity contribution is 9.10. The number of hydrogen-bond donors (Lipinski definition) is 0. The molecule has 0 fully saturated rings. The minimum absolute atomic E-state index is 0.0243. The first kappa shape index (κ1) is 19.0. The maximum atomic E-state index is 13.1. The molecule has 0 spiro atoms. The van der Waals surface area contributed by atoms with Crippen LogP contribution in [-0.2, 0) is 11.2 Å². The lowest BCUT2D eigenvalue weighted by atomic mass is 9.98. The smallest absolute Gasteiger partial charge is 0.261 e. The third kappa shape index (κ3) is 3.81. The molecule has 7 heteroatoms. The molecule has 4 rings (SSSR count). The van der Waals surface area contributed by atoms with Crippen LogP contribution in [0.3, 0.4) is 0 Å². The van der Waals surface area contributed by atoms with Gasteiger partial charge in [-0.25, -0.2) is 0 Å². The molecule has 0 saturated carbocycles. The van der Waals surface area contributed by atoms with E-state index in [9.17, 15) is 4.79 Å². The molecule has 0 saturated heterocycles. The van der Waals surface area contributed by atoms with Crippen molar-refractivity contribution in [1.82, 2.24) is 4.90 Å². The number of carbonyl (C=O) groups is 1. The Morgan fingerprint density at radius 2 is 2.19 bits per heavy atom. The van der Waals surface area contributed by atoms with E-state index >= 15 is 0 Å². The number of benzene rings is 1. The average molecular weight is 483 g/mol. The van der Waals surface area contributed by atoms with Gasteiger partial charge in [0, 0.05) is 20.8 Å². The van der Waals surface area contributed by atoms with E-state index < -0.39 is 0 Å². The van der Waals surface area contributed by atoms with Crippen molar-refractivity contribution in [3.8, 4) is 5.75 Å². The van der Waals surface area contributed by atoms with E-state index in [1.165, 1.54) is 15.3 Å². The molecule has 1 unspecified atom stereocenters. The molecule has 3 heterocycles. The molecule has 2 aromatic heterocycles. The van der Waals surface area contributed by atoms with E-state index in [-0.39, 0.29) is 18.6 Å². The summed E-state index contributed by atoms with van der Waals surface area (Å²) in [4.78, 5) is 17.5. The van der Waals surface area contributed by atoms with Gasteiger partial charge < -0.3 is 9.64 Å². The summed E-state index contributed by atoms with van der Waals surface area (Å²) in [5.41, 5.74) is 2.13. The van der Waals surface area contributed by atoms with Gasteiger partial charge in [0.25, 0.3) is 5.91 Å². The lowest BCUT2D eigenvalue weighted by Gasteiger charge is -2.35. The van der Waals surface area contributed by atoms with Crippen LogP contribution in [-0.4, -0.2) is 24.0 Å². The first-order valence-electron chi connectivity index (χ1n) is 8.52. The first-order valence-corrected chi connectivity index (χ1v) is 11.4. The summed E-state index contributed by atoms with van der Waals surface area (Å²) >= 11 is 13.2. The van der Waals surface area contributed by atoms with Crippen molar-refractivity contribution in [2.24, 2.45) is 0 Å². The monoisotopic (exact) mass is 481 g/mol. The van der Waals surface area contributed by atoms with Gasteiger partial charge in [-0.15, -0.1) is 22.7 Å². The summed E-state index contributed by atoms with van der Waals surface area (Å²) in [5, 5.41) is 4.67. The fraction of sp³-hybridized carbons (Fsp3) is 0.250. The minimum Gasteiger partial charge on any atom is -0.482 e. The molecule has 0 bridgehead atoms. The van der Waals surface area contributed by atoms with Crippen molar-refractivity contribution in [2.75, 3.05) is 13.2 Å². The van der Waals surface area contributed by atoms with Crippen molar-refractivity contribution >= 4 is 56.1 Å². The Balaban J connectivity index is 1.56. The summed E-state index contributed by atoms with van der Waals surface area (Å²) in [6.45, 7) is 2.60. The molecule has 3 aromatic rings. The van der Waals surface area contributed by atoms with Gasteiger partial charge in [0.15, 0.2) is 6.61 Å². The number of nitrogens with zero attached hydrogens (tertiary/aromatic N) is 1. The van der Waals surface area contributed by atoms with E-state index in [4.69, 9.17) is 16.3 Å². The lowest BCUT2D eigenvalue weighted by molar-refractivity contribution is -0.135. The zero-order valence-corrected chi connectivity index (χ0v) is 18.6. The lowest BCUT2D eigenvalue weighted by Crippen LogP contribution is -2.42. The predicted octanol–water partition coefficient (Wildman–Crippen LogP) is 6.09.